The fourth-order valence-corrected chi connectivity index (χ4v) is 4.27. The van der Waals surface area contributed by atoms with E-state index >= 15 is 0 Å². The molecule has 0 aliphatic heterocycles. The second-order valence-corrected chi connectivity index (χ2v) is 7.42. The summed E-state index contributed by atoms with van der Waals surface area (Å²) in [6.07, 6.45) is 2.70. The lowest BCUT2D eigenvalue weighted by Gasteiger charge is -2.04. The molecule has 0 bridgehead atoms. The van der Waals surface area contributed by atoms with Crippen LogP contribution in [0.2, 0.25) is 0 Å². The average Bonchev–Trinajstić information content (AvgIpc) is 3.07. The fourth-order valence-electron chi connectivity index (χ4n) is 3.26. The number of rotatable bonds is 3. The number of fused-ring (bicyclic) bond motifs is 3. The zero-order chi connectivity index (χ0) is 17.3. The van der Waals surface area contributed by atoms with Gasteiger partial charge < -0.3 is 0 Å². The van der Waals surface area contributed by atoms with E-state index in [-0.39, 0.29) is 0 Å². The Morgan fingerprint density at radius 1 is 0.692 bits per heavy atom. The number of thiophene rings is 1. The highest BCUT2D eigenvalue weighted by Crippen LogP contribution is 2.32. The van der Waals surface area contributed by atoms with Crippen molar-refractivity contribution in [3.8, 4) is 11.1 Å². The van der Waals surface area contributed by atoms with Crippen molar-refractivity contribution in [2.24, 2.45) is 0 Å². The van der Waals surface area contributed by atoms with Crippen molar-refractivity contribution >= 4 is 31.6 Å². The molecule has 0 aliphatic carbocycles. The minimum atomic E-state index is 0.745. The molecule has 0 unspecified atom stereocenters. The molecule has 0 saturated heterocycles. The lowest BCUT2D eigenvalue weighted by atomic mass is 10.0. The minimum Gasteiger partial charge on any atom is -0.239 e. The third-order valence-corrected chi connectivity index (χ3v) is 5.69. The van der Waals surface area contributed by atoms with Gasteiger partial charge >= 0.3 is 0 Å². The summed E-state index contributed by atoms with van der Waals surface area (Å²) < 4.78 is 2.41. The molecular weight excluding hydrogens is 336 g/mol. The van der Waals surface area contributed by atoms with E-state index in [1.54, 1.807) is 11.3 Å². The lowest BCUT2D eigenvalue weighted by Crippen LogP contribution is -1.95. The molecule has 3 aromatic carbocycles. The Balaban J connectivity index is 1.46. The molecule has 2 heterocycles. The Labute approximate surface area is 155 Å². The molecule has 0 saturated carbocycles. The Morgan fingerprint density at radius 2 is 1.42 bits per heavy atom. The predicted octanol–water partition coefficient (Wildman–Crippen LogP) is 6.10. The van der Waals surface area contributed by atoms with Crippen molar-refractivity contribution in [3.63, 3.8) is 0 Å². The van der Waals surface area contributed by atoms with Crippen molar-refractivity contribution in [1.82, 2.24) is 9.97 Å². The van der Waals surface area contributed by atoms with Crippen LogP contribution in [-0.4, -0.2) is 9.97 Å². The first kappa shape index (κ1) is 15.2. The summed E-state index contributed by atoms with van der Waals surface area (Å²) in [4.78, 5) is 9.42. The maximum Gasteiger partial charge on any atom is 0.133 e. The van der Waals surface area contributed by atoms with Crippen molar-refractivity contribution in [2.75, 3.05) is 0 Å². The van der Waals surface area contributed by atoms with Gasteiger partial charge in [0.2, 0.25) is 0 Å². The van der Waals surface area contributed by atoms with E-state index in [0.29, 0.717) is 0 Å². The molecular formula is C23H16N2S. The van der Waals surface area contributed by atoms with Gasteiger partial charge in [0, 0.05) is 22.7 Å². The largest absolute Gasteiger partial charge is 0.239 e. The van der Waals surface area contributed by atoms with Crippen LogP contribution >= 0.6 is 11.3 Å². The number of benzene rings is 3. The third-order valence-electron chi connectivity index (χ3n) is 4.59. The van der Waals surface area contributed by atoms with Gasteiger partial charge in [0.25, 0.3) is 0 Å². The standard InChI is InChI=1S/C23H16N2S/c1-2-6-17(7-3-1)18-12-10-16(11-13-18)14-22-24-15-21-23(25-22)19-8-4-5-9-20(19)26-21/h1-13,15H,14H2. The van der Waals surface area contributed by atoms with Crippen LogP contribution in [0.5, 0.6) is 0 Å². The summed E-state index contributed by atoms with van der Waals surface area (Å²) in [6, 6.07) is 27.5. The summed E-state index contributed by atoms with van der Waals surface area (Å²) in [5.41, 5.74) is 4.76. The smallest absolute Gasteiger partial charge is 0.133 e. The number of aromatic nitrogens is 2. The van der Waals surface area contributed by atoms with E-state index < -0.39 is 0 Å². The molecule has 3 heteroatoms. The van der Waals surface area contributed by atoms with Gasteiger partial charge in [-0.15, -0.1) is 11.3 Å². The van der Waals surface area contributed by atoms with Gasteiger partial charge in [-0.2, -0.15) is 0 Å². The van der Waals surface area contributed by atoms with Gasteiger partial charge in [-0.1, -0.05) is 72.8 Å². The highest BCUT2D eigenvalue weighted by atomic mass is 32.1. The molecule has 124 valence electrons. The summed E-state index contributed by atoms with van der Waals surface area (Å²) in [5, 5.41) is 1.22. The van der Waals surface area contributed by atoms with Crippen LogP contribution in [0.4, 0.5) is 0 Å². The zero-order valence-electron chi connectivity index (χ0n) is 14.1. The van der Waals surface area contributed by atoms with E-state index in [0.717, 1.165) is 22.5 Å². The van der Waals surface area contributed by atoms with Crippen molar-refractivity contribution in [3.05, 3.63) is 96.4 Å². The second kappa shape index (κ2) is 6.36. The SMILES string of the molecule is c1ccc(-c2ccc(Cc3ncc4sc5ccccc5c4n3)cc2)cc1. The molecule has 0 N–H and O–H groups in total. The van der Waals surface area contributed by atoms with E-state index in [1.165, 1.54) is 26.8 Å². The third kappa shape index (κ3) is 2.76. The van der Waals surface area contributed by atoms with Gasteiger partial charge in [-0.25, -0.2) is 9.97 Å². The van der Waals surface area contributed by atoms with Gasteiger partial charge in [0.05, 0.1) is 10.2 Å². The van der Waals surface area contributed by atoms with Crippen LogP contribution in [0.15, 0.2) is 85.1 Å². The number of hydrogen-bond acceptors (Lipinski definition) is 3. The number of nitrogens with zero attached hydrogens (tertiary/aromatic N) is 2. The predicted molar refractivity (Wildman–Crippen MR) is 110 cm³/mol. The molecule has 2 aromatic heterocycles. The van der Waals surface area contributed by atoms with Gasteiger partial charge in [0.15, 0.2) is 0 Å². The molecule has 0 aliphatic rings. The van der Waals surface area contributed by atoms with Crippen LogP contribution in [0.25, 0.3) is 31.4 Å². The Hall–Kier alpha value is -3.04. The summed E-state index contributed by atoms with van der Waals surface area (Å²) in [6.45, 7) is 0. The van der Waals surface area contributed by atoms with Crippen LogP contribution in [0.3, 0.4) is 0 Å². The Bertz CT molecular complexity index is 1190. The highest BCUT2D eigenvalue weighted by Gasteiger charge is 2.08. The maximum atomic E-state index is 4.84. The van der Waals surface area contributed by atoms with Crippen molar-refractivity contribution < 1.29 is 0 Å². The van der Waals surface area contributed by atoms with Crippen LogP contribution in [-0.2, 0) is 6.42 Å². The van der Waals surface area contributed by atoms with Crippen LogP contribution in [0, 0.1) is 0 Å². The minimum absolute atomic E-state index is 0.745. The molecule has 0 fully saturated rings. The average molecular weight is 352 g/mol. The second-order valence-electron chi connectivity index (χ2n) is 6.34. The first-order chi connectivity index (χ1) is 12.9. The van der Waals surface area contributed by atoms with Crippen molar-refractivity contribution in [2.45, 2.75) is 6.42 Å². The van der Waals surface area contributed by atoms with Gasteiger partial charge in [-0.05, 0) is 22.8 Å². The number of hydrogen-bond donors (Lipinski definition) is 0. The molecule has 5 aromatic rings. The monoisotopic (exact) mass is 352 g/mol. The Kier molecular flexibility index (Phi) is 3.72. The van der Waals surface area contributed by atoms with E-state index in [2.05, 4.69) is 77.8 Å². The molecule has 5 rings (SSSR count). The van der Waals surface area contributed by atoms with Crippen LogP contribution in [0.1, 0.15) is 11.4 Å². The molecule has 0 atom stereocenters. The fraction of sp³-hybridized carbons (Fsp3) is 0.0435. The first-order valence-electron chi connectivity index (χ1n) is 8.64. The van der Waals surface area contributed by atoms with E-state index in [9.17, 15) is 0 Å². The van der Waals surface area contributed by atoms with Gasteiger partial charge in [-0.3, -0.25) is 0 Å². The lowest BCUT2D eigenvalue weighted by molar-refractivity contribution is 0.996. The van der Waals surface area contributed by atoms with Crippen molar-refractivity contribution in [1.29, 1.82) is 0 Å². The summed E-state index contributed by atoms with van der Waals surface area (Å²) in [7, 11) is 0. The Morgan fingerprint density at radius 3 is 2.27 bits per heavy atom. The molecule has 0 radical (unpaired) electrons. The summed E-state index contributed by atoms with van der Waals surface area (Å²) in [5.74, 6) is 0.869. The van der Waals surface area contributed by atoms with E-state index in [1.807, 2.05) is 12.3 Å². The maximum absolute atomic E-state index is 4.84. The molecule has 26 heavy (non-hydrogen) atoms. The molecule has 0 amide bonds. The highest BCUT2D eigenvalue weighted by molar-refractivity contribution is 7.25. The topological polar surface area (TPSA) is 25.8 Å². The summed E-state index contributed by atoms with van der Waals surface area (Å²) >= 11 is 1.75. The van der Waals surface area contributed by atoms with Gasteiger partial charge in [0.1, 0.15) is 5.82 Å². The first-order valence-corrected chi connectivity index (χ1v) is 9.46. The zero-order valence-corrected chi connectivity index (χ0v) is 14.9. The van der Waals surface area contributed by atoms with Crippen LogP contribution < -0.4 is 0 Å². The normalized spacial score (nSPS) is 11.2. The van der Waals surface area contributed by atoms with E-state index in [4.69, 9.17) is 4.98 Å². The molecule has 2 nitrogen and oxygen atoms in total. The quantitative estimate of drug-likeness (QED) is 0.392. The molecule has 0 spiro atoms.